The average Bonchev–Trinajstić information content (AvgIpc) is 3.85. The number of fused-ring (bicyclic) bond motifs is 15. The van der Waals surface area contributed by atoms with E-state index in [0.717, 1.165) is 55.7 Å². The first-order valence-electron chi connectivity index (χ1n) is 18.0. The maximum absolute atomic E-state index is 7.78. The van der Waals surface area contributed by atoms with Crippen LogP contribution in [0.3, 0.4) is 0 Å². The highest BCUT2D eigenvalue weighted by molar-refractivity contribution is 7.99. The molecule has 4 aromatic heterocycles. The fourth-order valence-corrected chi connectivity index (χ4v) is 10.7. The van der Waals surface area contributed by atoms with Gasteiger partial charge in [-0.3, -0.25) is 9.97 Å². The first kappa shape index (κ1) is 29.6. The molecule has 5 nitrogen and oxygen atoms in total. The largest absolute Gasteiger partial charge is 0.309 e. The van der Waals surface area contributed by atoms with Crippen LogP contribution in [-0.2, 0) is 5.41 Å². The number of aromatic nitrogens is 4. The van der Waals surface area contributed by atoms with Crippen molar-refractivity contribution < 1.29 is 0 Å². The SMILES string of the molecule is [C-]#[N+]c1ccc2c(c1)c1ccccc1n2-c1cccc2c1C1(c3ccc(-n4c5ccccc5c5ccccc54)cc3S2)c2cccnc2-c2ncccc21. The summed E-state index contributed by atoms with van der Waals surface area (Å²) in [6.45, 7) is 7.78. The Bertz CT molecular complexity index is 3190. The van der Waals surface area contributed by atoms with Gasteiger partial charge in [0.15, 0.2) is 5.69 Å². The average molecular weight is 706 g/mol. The van der Waals surface area contributed by atoms with Gasteiger partial charge in [0.1, 0.15) is 0 Å². The van der Waals surface area contributed by atoms with Crippen LogP contribution in [0.5, 0.6) is 0 Å². The van der Waals surface area contributed by atoms with Crippen molar-refractivity contribution in [3.8, 4) is 22.8 Å². The lowest BCUT2D eigenvalue weighted by Crippen LogP contribution is -2.33. The molecule has 0 bridgehead atoms. The number of benzene rings is 6. The standard InChI is InChI=1S/C48H27N5S/c1-49-29-21-24-41-34(27-29)33-13-4-7-18-40(33)53(41)42-19-8-20-43-45(42)48(36-14-9-25-50-46(36)47-37(48)15-10-26-51-47)35-23-22-30(28-44(35)54-43)52-38-16-5-2-11-31(38)32-12-3-6-17-39(32)52/h2-28H. The van der Waals surface area contributed by atoms with Crippen LogP contribution in [0.4, 0.5) is 5.69 Å². The number of pyridine rings is 2. The van der Waals surface area contributed by atoms with Crippen LogP contribution in [0, 0.1) is 6.57 Å². The Morgan fingerprint density at radius 3 is 1.78 bits per heavy atom. The van der Waals surface area contributed by atoms with E-state index in [1.54, 1.807) is 0 Å². The minimum Gasteiger partial charge on any atom is -0.309 e. The topological polar surface area (TPSA) is 40.0 Å². The highest BCUT2D eigenvalue weighted by Crippen LogP contribution is 2.63. The lowest BCUT2D eigenvalue weighted by molar-refractivity contribution is 0.712. The zero-order valence-electron chi connectivity index (χ0n) is 28.7. The Morgan fingerprint density at radius 1 is 0.500 bits per heavy atom. The molecule has 0 saturated carbocycles. The summed E-state index contributed by atoms with van der Waals surface area (Å²) in [4.78, 5) is 16.2. The summed E-state index contributed by atoms with van der Waals surface area (Å²) in [7, 11) is 0. The van der Waals surface area contributed by atoms with Crippen molar-refractivity contribution in [2.75, 3.05) is 0 Å². The van der Waals surface area contributed by atoms with Crippen LogP contribution in [0.25, 0.3) is 71.2 Å². The molecule has 5 heterocycles. The number of nitrogens with zero attached hydrogens (tertiary/aromatic N) is 5. The minimum atomic E-state index is -0.701. The molecule has 0 radical (unpaired) electrons. The van der Waals surface area contributed by atoms with Crippen molar-refractivity contribution in [2.45, 2.75) is 15.2 Å². The molecule has 54 heavy (non-hydrogen) atoms. The van der Waals surface area contributed by atoms with Gasteiger partial charge in [-0.25, -0.2) is 4.85 Å². The van der Waals surface area contributed by atoms with Crippen LogP contribution >= 0.6 is 11.8 Å². The van der Waals surface area contributed by atoms with Crippen LogP contribution in [-0.4, -0.2) is 19.1 Å². The molecule has 12 rings (SSSR count). The van der Waals surface area contributed by atoms with Crippen LogP contribution in [0.15, 0.2) is 174 Å². The van der Waals surface area contributed by atoms with E-state index in [2.05, 4.69) is 154 Å². The van der Waals surface area contributed by atoms with E-state index < -0.39 is 5.41 Å². The molecular weight excluding hydrogens is 679 g/mol. The first-order chi connectivity index (χ1) is 26.8. The fraction of sp³-hybridized carbons (Fsp3) is 0.0208. The molecule has 0 saturated heterocycles. The van der Waals surface area contributed by atoms with Gasteiger partial charge < -0.3 is 9.13 Å². The Balaban J connectivity index is 1.21. The smallest absolute Gasteiger partial charge is 0.188 e. The van der Waals surface area contributed by atoms with Gasteiger partial charge in [-0.1, -0.05) is 96.7 Å². The highest BCUT2D eigenvalue weighted by Gasteiger charge is 2.53. The molecule has 1 aliphatic heterocycles. The predicted octanol–water partition coefficient (Wildman–Crippen LogP) is 12.0. The summed E-state index contributed by atoms with van der Waals surface area (Å²) in [5, 5.41) is 4.69. The van der Waals surface area contributed by atoms with E-state index in [-0.39, 0.29) is 0 Å². The third-order valence-corrected chi connectivity index (χ3v) is 12.6. The van der Waals surface area contributed by atoms with Crippen molar-refractivity contribution in [3.63, 3.8) is 0 Å². The molecular formula is C48H27N5S. The van der Waals surface area contributed by atoms with Crippen molar-refractivity contribution in [1.29, 1.82) is 0 Å². The van der Waals surface area contributed by atoms with Gasteiger partial charge in [0, 0.05) is 49.6 Å². The minimum absolute atomic E-state index is 0.635. The molecule has 6 heteroatoms. The molecule has 0 N–H and O–H groups in total. The maximum Gasteiger partial charge on any atom is 0.188 e. The van der Waals surface area contributed by atoms with Gasteiger partial charge in [-0.05, 0) is 88.8 Å². The van der Waals surface area contributed by atoms with E-state index in [1.807, 2.05) is 36.3 Å². The molecule has 0 fully saturated rings. The molecule has 0 unspecified atom stereocenters. The van der Waals surface area contributed by atoms with Gasteiger partial charge >= 0.3 is 0 Å². The van der Waals surface area contributed by atoms with Crippen LogP contribution in [0.1, 0.15) is 22.3 Å². The third kappa shape index (κ3) is 3.69. The van der Waals surface area contributed by atoms with Gasteiger partial charge in [0.2, 0.25) is 0 Å². The van der Waals surface area contributed by atoms with E-state index in [0.29, 0.717) is 5.69 Å². The molecule has 2 aliphatic rings. The summed E-state index contributed by atoms with van der Waals surface area (Å²) in [6, 6.07) is 54.4. The molecule has 1 spiro atoms. The summed E-state index contributed by atoms with van der Waals surface area (Å²) < 4.78 is 4.81. The van der Waals surface area contributed by atoms with E-state index in [9.17, 15) is 0 Å². The number of hydrogen-bond donors (Lipinski definition) is 0. The zero-order chi connectivity index (χ0) is 35.5. The van der Waals surface area contributed by atoms with Crippen LogP contribution < -0.4 is 0 Å². The fourth-order valence-electron chi connectivity index (χ4n) is 9.45. The quantitative estimate of drug-likeness (QED) is 0.168. The molecule has 250 valence electrons. The van der Waals surface area contributed by atoms with Gasteiger partial charge in [0.05, 0.1) is 51.1 Å². The Morgan fingerprint density at radius 2 is 1.11 bits per heavy atom. The summed E-state index contributed by atoms with van der Waals surface area (Å²) in [5.74, 6) is 0. The number of hydrogen-bond acceptors (Lipinski definition) is 3. The Hall–Kier alpha value is -6.94. The van der Waals surface area contributed by atoms with Crippen molar-refractivity contribution in [2.24, 2.45) is 0 Å². The predicted molar refractivity (Wildman–Crippen MR) is 218 cm³/mol. The second-order valence-electron chi connectivity index (χ2n) is 14.0. The second-order valence-corrected chi connectivity index (χ2v) is 15.1. The number of rotatable bonds is 2. The van der Waals surface area contributed by atoms with Crippen molar-refractivity contribution in [3.05, 3.63) is 198 Å². The Kier molecular flexibility index (Phi) is 5.92. The normalized spacial score (nSPS) is 13.6. The zero-order valence-corrected chi connectivity index (χ0v) is 29.5. The van der Waals surface area contributed by atoms with E-state index in [4.69, 9.17) is 16.5 Å². The van der Waals surface area contributed by atoms with Crippen molar-refractivity contribution in [1.82, 2.24) is 19.1 Å². The first-order valence-corrected chi connectivity index (χ1v) is 18.8. The highest BCUT2D eigenvalue weighted by atomic mass is 32.2. The number of para-hydroxylation sites is 3. The molecule has 0 atom stereocenters. The van der Waals surface area contributed by atoms with E-state index >= 15 is 0 Å². The molecule has 10 aromatic rings. The van der Waals surface area contributed by atoms with Crippen molar-refractivity contribution >= 4 is 61.1 Å². The summed E-state index contributed by atoms with van der Waals surface area (Å²) in [6.07, 6.45) is 3.77. The van der Waals surface area contributed by atoms with E-state index in [1.165, 1.54) is 42.7 Å². The second kappa shape index (κ2) is 10.8. The summed E-state index contributed by atoms with van der Waals surface area (Å²) in [5.41, 5.74) is 13.3. The van der Waals surface area contributed by atoms with Crippen LogP contribution in [0.2, 0.25) is 0 Å². The summed E-state index contributed by atoms with van der Waals surface area (Å²) >= 11 is 1.84. The third-order valence-electron chi connectivity index (χ3n) is 11.5. The Labute approximate surface area is 314 Å². The molecule has 0 amide bonds. The molecule has 1 aliphatic carbocycles. The monoisotopic (exact) mass is 705 g/mol. The maximum atomic E-state index is 7.78. The van der Waals surface area contributed by atoms with Gasteiger partial charge in [-0.15, -0.1) is 0 Å². The lowest BCUT2D eigenvalue weighted by atomic mass is 9.67. The van der Waals surface area contributed by atoms with Gasteiger partial charge in [0.25, 0.3) is 0 Å². The lowest BCUT2D eigenvalue weighted by Gasteiger charge is -2.41. The molecule has 6 aromatic carbocycles. The van der Waals surface area contributed by atoms with Gasteiger partial charge in [-0.2, -0.15) is 0 Å².